The number of nitrogens with zero attached hydrogens (tertiary/aromatic N) is 1. The summed E-state index contributed by atoms with van der Waals surface area (Å²) in [7, 11) is 0. The Morgan fingerprint density at radius 2 is 2.22 bits per heavy atom. The molecule has 1 aromatic carbocycles. The normalized spacial score (nSPS) is 19.1. The van der Waals surface area contributed by atoms with Crippen molar-refractivity contribution in [3.63, 3.8) is 0 Å². The molecule has 2 aromatic rings. The number of carbonyl (C=O) groups excluding carboxylic acids is 1. The Kier molecular flexibility index (Phi) is 3.52. The van der Waals surface area contributed by atoms with Crippen molar-refractivity contribution in [2.45, 2.75) is 32.3 Å². The van der Waals surface area contributed by atoms with Gasteiger partial charge in [0.05, 0.1) is 12.2 Å². The highest BCUT2D eigenvalue weighted by Crippen LogP contribution is 2.39. The van der Waals surface area contributed by atoms with E-state index in [-0.39, 0.29) is 17.9 Å². The number of hydrogen-bond acceptors (Lipinski definition) is 3. The van der Waals surface area contributed by atoms with E-state index in [4.69, 9.17) is 4.74 Å². The molecule has 4 rings (SSSR count). The van der Waals surface area contributed by atoms with Crippen molar-refractivity contribution in [2.24, 2.45) is 5.92 Å². The van der Waals surface area contributed by atoms with Gasteiger partial charge >= 0.3 is 0 Å². The number of benzene rings is 1. The molecule has 1 amide bonds. The van der Waals surface area contributed by atoms with Gasteiger partial charge in [0.15, 0.2) is 0 Å². The molecule has 4 heteroatoms. The topological polar surface area (TPSA) is 51.2 Å². The summed E-state index contributed by atoms with van der Waals surface area (Å²) in [5.74, 6) is 1.33. The summed E-state index contributed by atoms with van der Waals surface area (Å²) < 4.78 is 6.14. The van der Waals surface area contributed by atoms with E-state index >= 15 is 0 Å². The van der Waals surface area contributed by atoms with Gasteiger partial charge in [-0.1, -0.05) is 12.1 Å². The van der Waals surface area contributed by atoms with Crippen LogP contribution in [0.2, 0.25) is 0 Å². The van der Waals surface area contributed by atoms with E-state index in [1.807, 2.05) is 18.2 Å². The molecular formula is C19H20N2O2. The van der Waals surface area contributed by atoms with E-state index in [2.05, 4.69) is 29.4 Å². The number of nitrogens with one attached hydrogen (secondary N) is 1. The molecule has 2 aliphatic rings. The molecule has 1 aliphatic carbocycles. The van der Waals surface area contributed by atoms with Gasteiger partial charge in [-0.2, -0.15) is 0 Å². The number of ether oxygens (including phenoxy) is 1. The predicted molar refractivity (Wildman–Crippen MR) is 88.3 cm³/mol. The van der Waals surface area contributed by atoms with E-state index in [9.17, 15) is 4.79 Å². The maximum Gasteiger partial charge on any atom is 0.223 e. The highest BCUT2D eigenvalue weighted by Gasteiger charge is 2.31. The number of hydrogen-bond donors (Lipinski definition) is 1. The molecule has 0 radical (unpaired) electrons. The third-order valence-corrected chi connectivity index (χ3v) is 4.44. The van der Waals surface area contributed by atoms with Gasteiger partial charge in [0.25, 0.3) is 0 Å². The van der Waals surface area contributed by atoms with Crippen LogP contribution in [0.3, 0.4) is 0 Å². The van der Waals surface area contributed by atoms with Gasteiger partial charge in [-0.3, -0.25) is 9.78 Å². The van der Waals surface area contributed by atoms with Gasteiger partial charge in [-0.05, 0) is 49.1 Å². The van der Waals surface area contributed by atoms with E-state index in [0.29, 0.717) is 6.54 Å². The first-order valence-corrected chi connectivity index (χ1v) is 8.20. The third kappa shape index (κ3) is 2.93. The Balaban J connectivity index is 1.54. The fourth-order valence-corrected chi connectivity index (χ4v) is 3.12. The molecule has 1 aliphatic heterocycles. The van der Waals surface area contributed by atoms with Crippen LogP contribution < -0.4 is 10.1 Å². The molecule has 1 aromatic heterocycles. The van der Waals surface area contributed by atoms with Crippen molar-refractivity contribution in [3.05, 3.63) is 47.7 Å². The zero-order valence-electron chi connectivity index (χ0n) is 13.2. The average molecular weight is 308 g/mol. The maximum atomic E-state index is 11.8. The quantitative estimate of drug-likeness (QED) is 0.945. The second kappa shape index (κ2) is 5.69. The minimum atomic E-state index is 0.0111. The number of rotatable bonds is 4. The van der Waals surface area contributed by atoms with Crippen LogP contribution >= 0.6 is 0 Å². The van der Waals surface area contributed by atoms with E-state index < -0.39 is 0 Å². The summed E-state index contributed by atoms with van der Waals surface area (Å²) in [5, 5.41) is 3.02. The average Bonchev–Trinajstić information content (AvgIpc) is 3.33. The standard InChI is InChI=1S/C19H20N2O2/c1-12-8-14-10-15(11-21-19(22)13-5-6-13)23-18(14)16(9-12)17-4-2-3-7-20-17/h2-4,7-9,13,15H,5-6,10-11H2,1H3,(H,21,22)/t15-/m1/s1. The zero-order valence-corrected chi connectivity index (χ0v) is 13.2. The molecule has 0 bridgehead atoms. The van der Waals surface area contributed by atoms with Crippen LogP contribution in [-0.4, -0.2) is 23.5 Å². The Morgan fingerprint density at radius 1 is 1.35 bits per heavy atom. The number of aromatic nitrogens is 1. The summed E-state index contributed by atoms with van der Waals surface area (Å²) in [4.78, 5) is 16.2. The van der Waals surface area contributed by atoms with Crippen LogP contribution in [0.25, 0.3) is 11.3 Å². The first-order valence-electron chi connectivity index (χ1n) is 8.20. The number of carbonyl (C=O) groups is 1. The zero-order chi connectivity index (χ0) is 15.8. The molecule has 1 atom stereocenters. The van der Waals surface area contributed by atoms with Crippen molar-refractivity contribution >= 4 is 5.91 Å². The fraction of sp³-hybridized carbons (Fsp3) is 0.368. The summed E-state index contributed by atoms with van der Waals surface area (Å²) in [6.07, 6.45) is 4.70. The van der Waals surface area contributed by atoms with Crippen molar-refractivity contribution in [1.29, 1.82) is 0 Å². The van der Waals surface area contributed by atoms with Gasteiger partial charge in [0.2, 0.25) is 5.91 Å². The molecule has 118 valence electrons. The number of amides is 1. The van der Waals surface area contributed by atoms with Crippen LogP contribution in [0, 0.1) is 12.8 Å². The van der Waals surface area contributed by atoms with Crippen LogP contribution in [0.4, 0.5) is 0 Å². The molecule has 4 nitrogen and oxygen atoms in total. The lowest BCUT2D eigenvalue weighted by atomic mass is 10.0. The van der Waals surface area contributed by atoms with Gasteiger partial charge in [-0.25, -0.2) is 0 Å². The monoisotopic (exact) mass is 308 g/mol. The molecule has 0 saturated heterocycles. The molecule has 0 spiro atoms. The second-order valence-electron chi connectivity index (χ2n) is 6.48. The number of pyridine rings is 1. The first-order chi connectivity index (χ1) is 11.2. The number of fused-ring (bicyclic) bond motifs is 1. The van der Waals surface area contributed by atoms with Crippen LogP contribution in [0.1, 0.15) is 24.0 Å². The minimum absolute atomic E-state index is 0.0111. The molecule has 1 fully saturated rings. The van der Waals surface area contributed by atoms with Gasteiger partial charge in [0, 0.05) is 24.1 Å². The molecule has 1 saturated carbocycles. The minimum Gasteiger partial charge on any atom is -0.487 e. The summed E-state index contributed by atoms with van der Waals surface area (Å²) in [5.41, 5.74) is 4.37. The fourth-order valence-electron chi connectivity index (χ4n) is 3.12. The summed E-state index contributed by atoms with van der Waals surface area (Å²) >= 11 is 0. The van der Waals surface area contributed by atoms with Crippen molar-refractivity contribution in [2.75, 3.05) is 6.54 Å². The highest BCUT2D eigenvalue weighted by molar-refractivity contribution is 5.80. The van der Waals surface area contributed by atoms with Crippen LogP contribution in [-0.2, 0) is 11.2 Å². The molecule has 23 heavy (non-hydrogen) atoms. The van der Waals surface area contributed by atoms with Crippen molar-refractivity contribution in [3.8, 4) is 17.0 Å². The highest BCUT2D eigenvalue weighted by atomic mass is 16.5. The SMILES string of the molecule is Cc1cc2c(c(-c3ccccn3)c1)O[C@@H](CNC(=O)C1CC1)C2. The molecular weight excluding hydrogens is 288 g/mol. The van der Waals surface area contributed by atoms with Crippen LogP contribution in [0.5, 0.6) is 5.75 Å². The van der Waals surface area contributed by atoms with E-state index in [1.165, 1.54) is 11.1 Å². The van der Waals surface area contributed by atoms with E-state index in [0.717, 1.165) is 36.3 Å². The lowest BCUT2D eigenvalue weighted by Crippen LogP contribution is -2.35. The molecule has 1 N–H and O–H groups in total. The Hall–Kier alpha value is -2.36. The Morgan fingerprint density at radius 3 is 2.96 bits per heavy atom. The Labute approximate surface area is 135 Å². The lowest BCUT2D eigenvalue weighted by molar-refractivity contribution is -0.122. The van der Waals surface area contributed by atoms with E-state index in [1.54, 1.807) is 6.20 Å². The summed E-state index contributed by atoms with van der Waals surface area (Å²) in [6.45, 7) is 2.67. The smallest absolute Gasteiger partial charge is 0.223 e. The molecule has 2 heterocycles. The van der Waals surface area contributed by atoms with Gasteiger partial charge < -0.3 is 10.1 Å². The Bertz CT molecular complexity index is 739. The van der Waals surface area contributed by atoms with Gasteiger partial charge in [-0.15, -0.1) is 0 Å². The lowest BCUT2D eigenvalue weighted by Gasteiger charge is -2.13. The molecule has 0 unspecified atom stereocenters. The van der Waals surface area contributed by atoms with Crippen LogP contribution in [0.15, 0.2) is 36.5 Å². The first kappa shape index (κ1) is 14.2. The largest absolute Gasteiger partial charge is 0.487 e. The van der Waals surface area contributed by atoms with Crippen molar-refractivity contribution < 1.29 is 9.53 Å². The maximum absolute atomic E-state index is 11.8. The van der Waals surface area contributed by atoms with Crippen molar-refractivity contribution in [1.82, 2.24) is 10.3 Å². The van der Waals surface area contributed by atoms with Gasteiger partial charge in [0.1, 0.15) is 11.9 Å². The second-order valence-corrected chi connectivity index (χ2v) is 6.48. The summed E-state index contributed by atoms with van der Waals surface area (Å²) in [6, 6.07) is 10.2. The predicted octanol–water partition coefficient (Wildman–Crippen LogP) is 2.89. The number of aryl methyl sites for hydroxylation is 1. The third-order valence-electron chi connectivity index (χ3n) is 4.44.